The van der Waals surface area contributed by atoms with Crippen LogP contribution in [0.3, 0.4) is 0 Å². The first-order valence-electron chi connectivity index (χ1n) is 9.58. The fraction of sp³-hybridized carbons (Fsp3) is 0.524. The number of likely N-dealkylation sites (tertiary alicyclic amines) is 1. The minimum atomic E-state index is -0.186. The van der Waals surface area contributed by atoms with Gasteiger partial charge in [-0.15, -0.1) is 0 Å². The van der Waals surface area contributed by atoms with Crippen LogP contribution < -0.4 is 5.32 Å². The van der Waals surface area contributed by atoms with Crippen molar-refractivity contribution in [1.29, 1.82) is 0 Å². The van der Waals surface area contributed by atoms with Crippen molar-refractivity contribution >= 4 is 11.8 Å². The highest BCUT2D eigenvalue weighted by Gasteiger charge is 2.34. The summed E-state index contributed by atoms with van der Waals surface area (Å²) in [6.07, 6.45) is 4.68. The van der Waals surface area contributed by atoms with E-state index in [1.54, 1.807) is 18.6 Å². The third-order valence-electron chi connectivity index (χ3n) is 5.34. The normalized spacial score (nSPS) is 20.6. The third kappa shape index (κ3) is 4.81. The van der Waals surface area contributed by atoms with E-state index in [1.807, 2.05) is 30.9 Å². The number of hydrogen-bond donors (Lipinski definition) is 1. The summed E-state index contributed by atoms with van der Waals surface area (Å²) in [5.74, 6) is 1.90. The molecule has 3 atom stereocenters. The highest BCUT2D eigenvalue weighted by atomic mass is 16.3. The Balaban J connectivity index is 1.44. The van der Waals surface area contributed by atoms with Crippen LogP contribution in [-0.2, 0) is 11.2 Å². The van der Waals surface area contributed by atoms with Gasteiger partial charge in [-0.3, -0.25) is 9.59 Å². The molecule has 1 unspecified atom stereocenters. The molecular weight excluding hydrogens is 344 g/mol. The molecule has 1 aliphatic heterocycles. The molecule has 3 heterocycles. The van der Waals surface area contributed by atoms with E-state index >= 15 is 0 Å². The van der Waals surface area contributed by atoms with Gasteiger partial charge in [0.1, 0.15) is 5.76 Å². The molecule has 0 spiro atoms. The monoisotopic (exact) mass is 372 g/mol. The Kier molecular flexibility index (Phi) is 6.04. The number of carbonyl (C=O) groups excluding carboxylic acids is 2. The zero-order chi connectivity index (χ0) is 19.4. The lowest BCUT2D eigenvalue weighted by Crippen LogP contribution is -2.34. The van der Waals surface area contributed by atoms with Crippen molar-refractivity contribution in [3.63, 3.8) is 0 Å². The first kappa shape index (κ1) is 19.3. The number of carbonyl (C=O) groups is 2. The van der Waals surface area contributed by atoms with Gasteiger partial charge < -0.3 is 19.1 Å². The molecule has 1 saturated heterocycles. The number of rotatable bonds is 7. The summed E-state index contributed by atoms with van der Waals surface area (Å²) in [6, 6.07) is 5.48. The van der Waals surface area contributed by atoms with E-state index in [9.17, 15) is 9.59 Å². The topological polar surface area (TPSA) is 75.7 Å². The van der Waals surface area contributed by atoms with Crippen LogP contribution in [0.4, 0.5) is 0 Å². The first-order chi connectivity index (χ1) is 12.9. The summed E-state index contributed by atoms with van der Waals surface area (Å²) in [6.45, 7) is 8.12. The van der Waals surface area contributed by atoms with Crippen molar-refractivity contribution in [2.24, 2.45) is 17.8 Å². The lowest BCUT2D eigenvalue weighted by atomic mass is 9.95. The van der Waals surface area contributed by atoms with E-state index in [4.69, 9.17) is 8.83 Å². The Hall–Kier alpha value is -2.50. The van der Waals surface area contributed by atoms with Crippen molar-refractivity contribution in [2.75, 3.05) is 19.6 Å². The maximum atomic E-state index is 12.7. The van der Waals surface area contributed by atoms with E-state index in [2.05, 4.69) is 12.2 Å². The van der Waals surface area contributed by atoms with Crippen molar-refractivity contribution in [3.8, 4) is 0 Å². The molecule has 2 amide bonds. The van der Waals surface area contributed by atoms with Crippen molar-refractivity contribution in [3.05, 3.63) is 47.8 Å². The van der Waals surface area contributed by atoms with Crippen molar-refractivity contribution < 1.29 is 18.4 Å². The smallest absolute Gasteiger partial charge is 0.286 e. The third-order valence-corrected chi connectivity index (χ3v) is 5.34. The summed E-state index contributed by atoms with van der Waals surface area (Å²) in [7, 11) is 0. The van der Waals surface area contributed by atoms with Gasteiger partial charge in [-0.25, -0.2) is 0 Å². The Labute approximate surface area is 159 Å². The van der Waals surface area contributed by atoms with Gasteiger partial charge in [0.15, 0.2) is 5.76 Å². The molecular formula is C21H28N2O4. The number of amides is 2. The molecule has 0 aromatic carbocycles. The molecule has 0 radical (unpaired) electrons. The molecule has 146 valence electrons. The predicted molar refractivity (Wildman–Crippen MR) is 101 cm³/mol. The fourth-order valence-corrected chi connectivity index (χ4v) is 3.73. The molecule has 6 heteroatoms. The van der Waals surface area contributed by atoms with E-state index in [1.165, 1.54) is 0 Å². The molecule has 0 saturated carbocycles. The number of aryl methyl sites for hydroxylation is 1. The Bertz CT molecular complexity index is 765. The summed E-state index contributed by atoms with van der Waals surface area (Å²) in [5, 5.41) is 2.91. The summed E-state index contributed by atoms with van der Waals surface area (Å²) in [4.78, 5) is 26.7. The van der Waals surface area contributed by atoms with Crippen molar-refractivity contribution in [1.82, 2.24) is 10.2 Å². The maximum Gasteiger partial charge on any atom is 0.286 e. The summed E-state index contributed by atoms with van der Waals surface area (Å²) < 4.78 is 10.6. The minimum Gasteiger partial charge on any atom is -0.469 e. The summed E-state index contributed by atoms with van der Waals surface area (Å²) >= 11 is 0. The van der Waals surface area contributed by atoms with E-state index < -0.39 is 0 Å². The molecule has 0 aliphatic carbocycles. The molecule has 1 aliphatic rings. The van der Waals surface area contributed by atoms with Crippen LogP contribution in [0.5, 0.6) is 0 Å². The molecule has 1 N–H and O–H groups in total. The molecule has 2 aromatic rings. The zero-order valence-corrected chi connectivity index (χ0v) is 16.2. The fourth-order valence-electron chi connectivity index (χ4n) is 3.73. The van der Waals surface area contributed by atoms with Gasteiger partial charge in [0, 0.05) is 32.0 Å². The number of nitrogens with zero attached hydrogens (tertiary/aromatic N) is 1. The zero-order valence-electron chi connectivity index (χ0n) is 16.2. The number of nitrogens with one attached hydrogen (secondary N) is 1. The minimum absolute atomic E-state index is 0.0935. The number of hydrogen-bond acceptors (Lipinski definition) is 4. The van der Waals surface area contributed by atoms with Gasteiger partial charge in [0.05, 0.1) is 12.5 Å². The van der Waals surface area contributed by atoms with Gasteiger partial charge in [-0.1, -0.05) is 13.8 Å². The van der Waals surface area contributed by atoms with E-state index in [-0.39, 0.29) is 17.7 Å². The lowest BCUT2D eigenvalue weighted by molar-refractivity contribution is -0.134. The molecule has 27 heavy (non-hydrogen) atoms. The van der Waals surface area contributed by atoms with Crippen molar-refractivity contribution in [2.45, 2.75) is 33.6 Å². The van der Waals surface area contributed by atoms with Gasteiger partial charge in [-0.05, 0) is 48.9 Å². The van der Waals surface area contributed by atoms with Crippen LogP contribution in [0.15, 0.2) is 39.6 Å². The molecule has 2 aromatic heterocycles. The SMILES string of the molecule is Cc1coc(C(=O)NCC[C@@H]2CN(C(=O)C(C)Cc3ccco3)C[C@H]2C)c1. The molecule has 6 nitrogen and oxygen atoms in total. The van der Waals surface area contributed by atoms with Crippen LogP contribution >= 0.6 is 0 Å². The van der Waals surface area contributed by atoms with Crippen LogP contribution in [0.2, 0.25) is 0 Å². The standard InChI is InChI=1S/C21H28N2O4/c1-14-9-19(27-13-14)20(24)22-7-6-17-12-23(11-16(17)3)21(25)15(2)10-18-5-4-8-26-18/h4-5,8-9,13,15-17H,6-7,10-12H2,1-3H3,(H,22,24)/t15?,16-,17-/m1/s1. The van der Waals surface area contributed by atoms with Gasteiger partial charge in [0.25, 0.3) is 5.91 Å². The highest BCUT2D eigenvalue weighted by Crippen LogP contribution is 2.27. The van der Waals surface area contributed by atoms with Gasteiger partial charge in [0.2, 0.25) is 5.91 Å². The quantitative estimate of drug-likeness (QED) is 0.809. The number of furan rings is 2. The largest absolute Gasteiger partial charge is 0.469 e. The highest BCUT2D eigenvalue weighted by molar-refractivity contribution is 5.91. The van der Waals surface area contributed by atoms with Crippen LogP contribution in [0, 0.1) is 24.7 Å². The average Bonchev–Trinajstić information content (AvgIpc) is 3.37. The average molecular weight is 372 g/mol. The van der Waals surface area contributed by atoms with Crippen LogP contribution in [0.25, 0.3) is 0 Å². The molecule has 3 rings (SSSR count). The van der Waals surface area contributed by atoms with Crippen LogP contribution in [-0.4, -0.2) is 36.3 Å². The second-order valence-electron chi connectivity index (χ2n) is 7.70. The van der Waals surface area contributed by atoms with E-state index in [0.29, 0.717) is 30.6 Å². The van der Waals surface area contributed by atoms with Gasteiger partial charge in [-0.2, -0.15) is 0 Å². The van der Waals surface area contributed by atoms with Gasteiger partial charge >= 0.3 is 0 Å². The second-order valence-corrected chi connectivity index (χ2v) is 7.70. The molecule has 0 bridgehead atoms. The predicted octanol–water partition coefficient (Wildman–Crippen LogP) is 3.27. The van der Waals surface area contributed by atoms with E-state index in [0.717, 1.165) is 30.8 Å². The first-order valence-corrected chi connectivity index (χ1v) is 9.58. The second kappa shape index (κ2) is 8.46. The maximum absolute atomic E-state index is 12.7. The summed E-state index contributed by atoms with van der Waals surface area (Å²) in [5.41, 5.74) is 0.933. The Morgan fingerprint density at radius 2 is 2.15 bits per heavy atom. The lowest BCUT2D eigenvalue weighted by Gasteiger charge is -2.20. The Morgan fingerprint density at radius 3 is 2.81 bits per heavy atom. The Morgan fingerprint density at radius 1 is 1.33 bits per heavy atom. The molecule has 1 fully saturated rings. The van der Waals surface area contributed by atoms with Crippen LogP contribution in [0.1, 0.15) is 42.1 Å².